The van der Waals surface area contributed by atoms with Gasteiger partial charge in [-0.15, -0.1) is 0 Å². The second kappa shape index (κ2) is 3.73. The van der Waals surface area contributed by atoms with Crippen LogP contribution in [0, 0.1) is 0 Å². The zero-order valence-corrected chi connectivity index (χ0v) is 9.51. The summed E-state index contributed by atoms with van der Waals surface area (Å²) in [5.41, 5.74) is 2.25. The van der Waals surface area contributed by atoms with Crippen LogP contribution in [0.5, 0.6) is 5.75 Å². The van der Waals surface area contributed by atoms with Gasteiger partial charge in [-0.1, -0.05) is 6.07 Å². The number of aromatic nitrogens is 1. The summed E-state index contributed by atoms with van der Waals surface area (Å²) >= 11 is 0. The van der Waals surface area contributed by atoms with Crippen molar-refractivity contribution in [2.24, 2.45) is 0 Å². The fraction of sp³-hybridized carbons (Fsp3) is 0.231. The number of fused-ring (bicyclic) bond motifs is 3. The number of likely N-dealkylation sites (N-methyl/N-ethyl adjacent to an activating group) is 1. The Kier molecular flexibility index (Phi) is 2.21. The van der Waals surface area contributed by atoms with E-state index in [1.807, 2.05) is 25.2 Å². The number of carbonyl (C=O) groups is 1. The monoisotopic (exact) mass is 228 g/mol. The van der Waals surface area contributed by atoms with E-state index in [0.29, 0.717) is 12.3 Å². The zero-order valence-electron chi connectivity index (χ0n) is 9.51. The number of aldehydes is 1. The summed E-state index contributed by atoms with van der Waals surface area (Å²) < 4.78 is 5.61. The van der Waals surface area contributed by atoms with Crippen molar-refractivity contribution in [3.63, 3.8) is 0 Å². The molecule has 0 N–H and O–H groups in total. The summed E-state index contributed by atoms with van der Waals surface area (Å²) in [6, 6.07) is 7.56. The number of anilines is 1. The van der Waals surface area contributed by atoms with E-state index in [2.05, 4.69) is 9.88 Å². The molecule has 1 aromatic heterocycles. The Morgan fingerprint density at radius 2 is 2.18 bits per heavy atom. The van der Waals surface area contributed by atoms with Crippen molar-refractivity contribution in [3.8, 4) is 5.75 Å². The van der Waals surface area contributed by atoms with Gasteiger partial charge in [0.05, 0.1) is 12.1 Å². The van der Waals surface area contributed by atoms with E-state index in [-0.39, 0.29) is 0 Å². The third kappa shape index (κ3) is 1.53. The van der Waals surface area contributed by atoms with E-state index in [4.69, 9.17) is 4.74 Å². The molecule has 2 aromatic rings. The molecule has 17 heavy (non-hydrogen) atoms. The van der Waals surface area contributed by atoms with Gasteiger partial charge in [-0.25, -0.2) is 4.98 Å². The molecule has 1 aliphatic heterocycles. The second-order valence-corrected chi connectivity index (χ2v) is 4.11. The summed E-state index contributed by atoms with van der Waals surface area (Å²) in [4.78, 5) is 17.3. The molecule has 0 radical (unpaired) electrons. The minimum Gasteiger partial charge on any atom is -0.489 e. The molecule has 0 fully saturated rings. The van der Waals surface area contributed by atoms with Gasteiger partial charge in [0, 0.05) is 12.4 Å². The Morgan fingerprint density at radius 3 is 3.00 bits per heavy atom. The Balaban J connectivity index is 2.34. The Bertz CT molecular complexity index is 595. The van der Waals surface area contributed by atoms with Crippen molar-refractivity contribution >= 4 is 22.9 Å². The highest BCUT2D eigenvalue weighted by Gasteiger charge is 2.18. The molecule has 0 amide bonds. The number of carbonyl (C=O) groups excluding carboxylic acids is 1. The molecular weight excluding hydrogens is 216 g/mol. The van der Waals surface area contributed by atoms with Crippen LogP contribution in [0.2, 0.25) is 0 Å². The molecule has 0 atom stereocenters. The SMILES string of the molecule is CN1CCOc2ccc3ccc(C=O)nc3c21. The molecule has 0 saturated carbocycles. The van der Waals surface area contributed by atoms with Gasteiger partial charge in [-0.05, 0) is 18.2 Å². The van der Waals surface area contributed by atoms with E-state index in [9.17, 15) is 4.79 Å². The van der Waals surface area contributed by atoms with Gasteiger partial charge < -0.3 is 9.64 Å². The fourth-order valence-electron chi connectivity index (χ4n) is 2.13. The summed E-state index contributed by atoms with van der Waals surface area (Å²) in [6.45, 7) is 1.52. The molecule has 0 unspecified atom stereocenters. The third-order valence-electron chi connectivity index (χ3n) is 3.01. The lowest BCUT2D eigenvalue weighted by Crippen LogP contribution is -2.29. The predicted octanol–water partition coefficient (Wildman–Crippen LogP) is 1.88. The van der Waals surface area contributed by atoms with Gasteiger partial charge in [0.15, 0.2) is 6.29 Å². The molecule has 0 aliphatic carbocycles. The van der Waals surface area contributed by atoms with Crippen molar-refractivity contribution in [2.45, 2.75) is 0 Å². The van der Waals surface area contributed by atoms with Crippen LogP contribution < -0.4 is 9.64 Å². The predicted molar refractivity (Wildman–Crippen MR) is 65.9 cm³/mol. The van der Waals surface area contributed by atoms with Crippen LogP contribution in [0.15, 0.2) is 24.3 Å². The highest BCUT2D eigenvalue weighted by molar-refractivity contribution is 5.96. The zero-order chi connectivity index (χ0) is 11.8. The minimum absolute atomic E-state index is 0.449. The van der Waals surface area contributed by atoms with Crippen LogP contribution in [0.3, 0.4) is 0 Å². The Morgan fingerprint density at radius 1 is 1.35 bits per heavy atom. The van der Waals surface area contributed by atoms with Gasteiger partial charge in [0.2, 0.25) is 0 Å². The highest BCUT2D eigenvalue weighted by Crippen LogP contribution is 2.36. The second-order valence-electron chi connectivity index (χ2n) is 4.11. The fourth-order valence-corrected chi connectivity index (χ4v) is 2.13. The minimum atomic E-state index is 0.449. The molecule has 3 rings (SSSR count). The average molecular weight is 228 g/mol. The first-order valence-corrected chi connectivity index (χ1v) is 5.52. The third-order valence-corrected chi connectivity index (χ3v) is 3.01. The summed E-state index contributed by atoms with van der Waals surface area (Å²) in [5.74, 6) is 0.835. The maximum absolute atomic E-state index is 10.8. The lowest BCUT2D eigenvalue weighted by atomic mass is 10.1. The molecule has 0 bridgehead atoms. The van der Waals surface area contributed by atoms with E-state index < -0.39 is 0 Å². The molecule has 4 nitrogen and oxygen atoms in total. The van der Waals surface area contributed by atoms with E-state index in [1.54, 1.807) is 6.07 Å². The quantitative estimate of drug-likeness (QED) is 0.699. The largest absolute Gasteiger partial charge is 0.489 e. The highest BCUT2D eigenvalue weighted by atomic mass is 16.5. The van der Waals surface area contributed by atoms with E-state index >= 15 is 0 Å². The van der Waals surface area contributed by atoms with Crippen LogP contribution in [0.4, 0.5) is 5.69 Å². The number of hydrogen-bond acceptors (Lipinski definition) is 4. The van der Waals surface area contributed by atoms with Gasteiger partial charge in [-0.2, -0.15) is 0 Å². The van der Waals surface area contributed by atoms with Crippen LogP contribution in [-0.2, 0) is 0 Å². The maximum Gasteiger partial charge on any atom is 0.168 e. The first-order chi connectivity index (χ1) is 8.29. The summed E-state index contributed by atoms with van der Waals surface area (Å²) in [6.07, 6.45) is 0.766. The van der Waals surface area contributed by atoms with Crippen molar-refractivity contribution in [2.75, 3.05) is 25.1 Å². The smallest absolute Gasteiger partial charge is 0.168 e. The van der Waals surface area contributed by atoms with Gasteiger partial charge in [-0.3, -0.25) is 4.79 Å². The molecule has 2 heterocycles. The molecule has 0 spiro atoms. The normalized spacial score (nSPS) is 14.3. The van der Waals surface area contributed by atoms with Crippen molar-refractivity contribution in [1.82, 2.24) is 4.98 Å². The summed E-state index contributed by atoms with van der Waals surface area (Å²) in [5, 5.41) is 1.02. The first-order valence-electron chi connectivity index (χ1n) is 5.52. The lowest BCUT2D eigenvalue weighted by molar-refractivity contribution is 0.111. The standard InChI is InChI=1S/C13H12N2O2/c1-15-6-7-17-11-5-3-9-2-4-10(8-16)14-12(9)13(11)15/h2-5,8H,6-7H2,1H3. The number of pyridine rings is 1. The van der Waals surface area contributed by atoms with Gasteiger partial charge in [0.25, 0.3) is 0 Å². The number of ether oxygens (including phenoxy) is 1. The lowest BCUT2D eigenvalue weighted by Gasteiger charge is -2.28. The number of nitrogens with zero attached hydrogens (tertiary/aromatic N) is 2. The van der Waals surface area contributed by atoms with Crippen molar-refractivity contribution < 1.29 is 9.53 Å². The number of rotatable bonds is 1. The molecule has 1 aliphatic rings. The van der Waals surface area contributed by atoms with E-state index in [0.717, 1.165) is 35.2 Å². The van der Waals surface area contributed by atoms with Crippen LogP contribution >= 0.6 is 0 Å². The topological polar surface area (TPSA) is 42.4 Å². The van der Waals surface area contributed by atoms with Crippen molar-refractivity contribution in [3.05, 3.63) is 30.0 Å². The summed E-state index contributed by atoms with van der Waals surface area (Å²) in [7, 11) is 2.01. The first kappa shape index (κ1) is 10.1. The van der Waals surface area contributed by atoms with Gasteiger partial charge >= 0.3 is 0 Å². The molecular formula is C13H12N2O2. The molecule has 4 heteroatoms. The number of benzene rings is 1. The Labute approximate surface area is 98.8 Å². The Hall–Kier alpha value is -2.10. The molecule has 0 saturated heterocycles. The van der Waals surface area contributed by atoms with Crippen LogP contribution in [-0.4, -0.2) is 31.5 Å². The van der Waals surface area contributed by atoms with Crippen LogP contribution in [0.25, 0.3) is 10.9 Å². The molecule has 1 aromatic carbocycles. The maximum atomic E-state index is 10.8. The van der Waals surface area contributed by atoms with Crippen molar-refractivity contribution in [1.29, 1.82) is 0 Å². The molecule has 86 valence electrons. The van der Waals surface area contributed by atoms with E-state index in [1.165, 1.54) is 0 Å². The van der Waals surface area contributed by atoms with Crippen LogP contribution in [0.1, 0.15) is 10.5 Å². The average Bonchev–Trinajstić information content (AvgIpc) is 2.38. The van der Waals surface area contributed by atoms with Gasteiger partial charge in [0.1, 0.15) is 23.7 Å². The number of hydrogen-bond donors (Lipinski definition) is 0.